The van der Waals surface area contributed by atoms with Gasteiger partial charge in [0.2, 0.25) is 5.91 Å². The number of carbonyl (C=O) groups is 2. The molecule has 0 aromatic heterocycles. The van der Waals surface area contributed by atoms with E-state index in [0.29, 0.717) is 12.8 Å². The molecule has 1 unspecified atom stereocenters. The lowest BCUT2D eigenvalue weighted by atomic mass is 9.95. The molecule has 0 saturated heterocycles. The number of nitrogens with one attached hydrogen (secondary N) is 1. The van der Waals surface area contributed by atoms with E-state index in [4.69, 9.17) is 5.73 Å². The number of alkyl halides is 2. The molecule has 0 spiro atoms. The summed E-state index contributed by atoms with van der Waals surface area (Å²) in [5.41, 5.74) is 3.11. The Hall–Kier alpha value is -1.24. The van der Waals surface area contributed by atoms with E-state index in [1.807, 2.05) is 6.92 Å². The molecule has 0 aliphatic rings. The van der Waals surface area contributed by atoms with Gasteiger partial charge < -0.3 is 15.8 Å². The van der Waals surface area contributed by atoms with Gasteiger partial charge in [-0.15, -0.1) is 0 Å². The average Bonchev–Trinajstić information content (AvgIpc) is 2.34. The largest absolute Gasteiger partial charge is 0.464 e. The summed E-state index contributed by atoms with van der Waals surface area (Å²) >= 11 is 0. The summed E-state index contributed by atoms with van der Waals surface area (Å²) in [5.74, 6) is -1.25. The highest BCUT2D eigenvalue weighted by atomic mass is 19.3. The van der Waals surface area contributed by atoms with Crippen LogP contribution < -0.4 is 11.1 Å². The van der Waals surface area contributed by atoms with Gasteiger partial charge in [-0.05, 0) is 26.2 Å². The molecule has 1 amide bonds. The summed E-state index contributed by atoms with van der Waals surface area (Å²) in [4.78, 5) is 22.6. The topological polar surface area (TPSA) is 81.4 Å². The fourth-order valence-electron chi connectivity index (χ4n) is 1.49. The second-order valence-electron chi connectivity index (χ2n) is 4.27. The molecular formula is C12H22F2N2O3. The fraction of sp³-hybridized carbons (Fsp3) is 0.833. The second-order valence-corrected chi connectivity index (χ2v) is 4.27. The van der Waals surface area contributed by atoms with Crippen LogP contribution in [0, 0.1) is 0 Å². The number of ether oxygens (including phenoxy) is 1. The number of hydrogen-bond donors (Lipinski definition) is 2. The van der Waals surface area contributed by atoms with E-state index in [1.54, 1.807) is 0 Å². The Labute approximate surface area is 111 Å². The van der Waals surface area contributed by atoms with Crippen LogP contribution in [0.25, 0.3) is 0 Å². The van der Waals surface area contributed by atoms with Crippen LogP contribution in [0.3, 0.4) is 0 Å². The fourth-order valence-corrected chi connectivity index (χ4v) is 1.49. The van der Waals surface area contributed by atoms with Gasteiger partial charge in [0.25, 0.3) is 6.43 Å². The minimum atomic E-state index is -3.00. The lowest BCUT2D eigenvalue weighted by Crippen LogP contribution is -2.55. The van der Waals surface area contributed by atoms with Crippen molar-refractivity contribution in [2.24, 2.45) is 5.73 Å². The van der Waals surface area contributed by atoms with E-state index in [2.05, 4.69) is 10.1 Å². The van der Waals surface area contributed by atoms with Gasteiger partial charge >= 0.3 is 5.97 Å². The lowest BCUT2D eigenvalue weighted by molar-refractivity contribution is -0.156. The zero-order valence-electron chi connectivity index (χ0n) is 11.4. The van der Waals surface area contributed by atoms with Crippen LogP contribution in [0.5, 0.6) is 0 Å². The van der Waals surface area contributed by atoms with Crippen LogP contribution in [0.1, 0.15) is 39.5 Å². The third-order valence-corrected chi connectivity index (χ3v) is 2.61. The highest BCUT2D eigenvalue weighted by Crippen LogP contribution is 2.20. The van der Waals surface area contributed by atoms with Crippen molar-refractivity contribution in [3.05, 3.63) is 0 Å². The van der Waals surface area contributed by atoms with E-state index in [0.717, 1.165) is 0 Å². The van der Waals surface area contributed by atoms with Crippen LogP contribution in [0.15, 0.2) is 0 Å². The molecule has 7 heteroatoms. The SMILES string of the molecule is CCCC(=O)NCCCC(N)(C(=O)OCC)C(F)F. The molecule has 5 nitrogen and oxygen atoms in total. The molecule has 0 fully saturated rings. The van der Waals surface area contributed by atoms with Crippen molar-refractivity contribution in [3.63, 3.8) is 0 Å². The Morgan fingerprint density at radius 2 is 2.00 bits per heavy atom. The number of carbonyl (C=O) groups excluding carboxylic acids is 2. The standard InChI is InChI=1S/C12H22F2N2O3/c1-3-6-9(17)16-8-5-7-12(15,10(13)14)11(18)19-4-2/h10H,3-8,15H2,1-2H3,(H,16,17). The molecule has 0 heterocycles. The summed E-state index contributed by atoms with van der Waals surface area (Å²) in [7, 11) is 0. The van der Waals surface area contributed by atoms with Gasteiger partial charge in [0.1, 0.15) is 0 Å². The van der Waals surface area contributed by atoms with Gasteiger partial charge in [0, 0.05) is 13.0 Å². The van der Waals surface area contributed by atoms with Crippen molar-refractivity contribution in [1.29, 1.82) is 0 Å². The van der Waals surface area contributed by atoms with Gasteiger partial charge in [-0.1, -0.05) is 6.92 Å². The van der Waals surface area contributed by atoms with Crippen LogP contribution in [0.2, 0.25) is 0 Å². The normalized spacial score (nSPS) is 14.0. The first kappa shape index (κ1) is 17.8. The van der Waals surface area contributed by atoms with Crippen molar-refractivity contribution in [2.75, 3.05) is 13.2 Å². The summed E-state index contributed by atoms with van der Waals surface area (Å²) in [6, 6.07) is 0. The van der Waals surface area contributed by atoms with Crippen molar-refractivity contribution in [1.82, 2.24) is 5.32 Å². The highest BCUT2D eigenvalue weighted by molar-refractivity contribution is 5.81. The number of esters is 1. The van der Waals surface area contributed by atoms with Gasteiger partial charge in [0.05, 0.1) is 6.61 Å². The molecule has 0 aromatic rings. The zero-order valence-corrected chi connectivity index (χ0v) is 11.4. The third-order valence-electron chi connectivity index (χ3n) is 2.61. The average molecular weight is 280 g/mol. The monoisotopic (exact) mass is 280 g/mol. The maximum Gasteiger partial charge on any atom is 0.332 e. The van der Waals surface area contributed by atoms with Gasteiger partial charge in [-0.25, -0.2) is 13.6 Å². The Morgan fingerprint density at radius 1 is 1.37 bits per heavy atom. The summed E-state index contributed by atoms with van der Waals surface area (Å²) in [6.45, 7) is 3.60. The molecule has 0 rings (SSSR count). The molecule has 0 saturated carbocycles. The second kappa shape index (κ2) is 8.79. The molecule has 0 bridgehead atoms. The van der Waals surface area contributed by atoms with Crippen LogP contribution in [0.4, 0.5) is 8.78 Å². The molecule has 0 aliphatic heterocycles. The predicted molar refractivity (Wildman–Crippen MR) is 66.7 cm³/mol. The van der Waals surface area contributed by atoms with Crippen LogP contribution in [-0.4, -0.2) is 37.0 Å². The first-order valence-electron chi connectivity index (χ1n) is 6.39. The third kappa shape index (κ3) is 5.96. The van der Waals surface area contributed by atoms with Crippen molar-refractivity contribution in [3.8, 4) is 0 Å². The summed E-state index contributed by atoms with van der Waals surface area (Å²) < 4.78 is 30.3. The maximum atomic E-state index is 12.9. The van der Waals surface area contributed by atoms with E-state index in [-0.39, 0.29) is 31.9 Å². The summed E-state index contributed by atoms with van der Waals surface area (Å²) in [6.07, 6.45) is -1.95. The molecule has 3 N–H and O–H groups in total. The Morgan fingerprint density at radius 3 is 2.47 bits per heavy atom. The first-order valence-corrected chi connectivity index (χ1v) is 6.39. The maximum absolute atomic E-state index is 12.9. The van der Waals surface area contributed by atoms with Crippen molar-refractivity contribution in [2.45, 2.75) is 51.5 Å². The van der Waals surface area contributed by atoms with Crippen LogP contribution >= 0.6 is 0 Å². The van der Waals surface area contributed by atoms with Gasteiger partial charge in [-0.3, -0.25) is 4.79 Å². The minimum Gasteiger partial charge on any atom is -0.464 e. The first-order chi connectivity index (χ1) is 8.88. The molecular weight excluding hydrogens is 258 g/mol. The Kier molecular flexibility index (Phi) is 8.22. The molecule has 1 atom stereocenters. The molecule has 0 radical (unpaired) electrons. The smallest absolute Gasteiger partial charge is 0.332 e. The van der Waals surface area contributed by atoms with Gasteiger partial charge in [-0.2, -0.15) is 0 Å². The van der Waals surface area contributed by atoms with Crippen LogP contribution in [-0.2, 0) is 14.3 Å². The number of rotatable bonds is 9. The van der Waals surface area contributed by atoms with E-state index in [9.17, 15) is 18.4 Å². The van der Waals surface area contributed by atoms with Crippen molar-refractivity contribution < 1.29 is 23.1 Å². The highest BCUT2D eigenvalue weighted by Gasteiger charge is 2.44. The molecule has 0 aromatic carbocycles. The lowest BCUT2D eigenvalue weighted by Gasteiger charge is -2.26. The van der Waals surface area contributed by atoms with E-state index < -0.39 is 17.9 Å². The van der Waals surface area contributed by atoms with E-state index in [1.165, 1.54) is 6.92 Å². The van der Waals surface area contributed by atoms with E-state index >= 15 is 0 Å². The number of hydrogen-bond acceptors (Lipinski definition) is 4. The number of amides is 1. The van der Waals surface area contributed by atoms with Gasteiger partial charge in [0.15, 0.2) is 5.54 Å². The minimum absolute atomic E-state index is 0.00224. The van der Waals surface area contributed by atoms with Crippen molar-refractivity contribution >= 4 is 11.9 Å². The number of nitrogens with two attached hydrogens (primary N) is 1. The molecule has 112 valence electrons. The molecule has 0 aliphatic carbocycles. The molecule has 19 heavy (non-hydrogen) atoms. The Bertz CT molecular complexity index is 301. The number of halogens is 2. The Balaban J connectivity index is 4.22. The zero-order chi connectivity index (χ0) is 14.9. The predicted octanol–water partition coefficient (Wildman–Crippen LogP) is 1.21. The summed E-state index contributed by atoms with van der Waals surface area (Å²) in [5, 5.41) is 2.57. The quantitative estimate of drug-likeness (QED) is 0.491.